The Labute approximate surface area is 255 Å². The lowest BCUT2D eigenvalue weighted by Crippen LogP contribution is -2.39. The molecule has 0 aliphatic carbocycles. The van der Waals surface area contributed by atoms with Gasteiger partial charge in [0.2, 0.25) is 0 Å². The van der Waals surface area contributed by atoms with Crippen LogP contribution in [0.15, 0.2) is 75.3 Å². The zero-order valence-corrected chi connectivity index (χ0v) is 25.6. The van der Waals surface area contributed by atoms with Crippen molar-refractivity contribution < 1.29 is 28.9 Å². The lowest BCUT2D eigenvalue weighted by molar-refractivity contribution is -0.140. The molecule has 0 saturated heterocycles. The van der Waals surface area contributed by atoms with Crippen molar-refractivity contribution in [3.8, 4) is 11.5 Å². The number of thiazole rings is 1. The number of nitrogens with zero attached hydrogens (tertiary/aromatic N) is 2. The van der Waals surface area contributed by atoms with Crippen LogP contribution < -0.4 is 24.4 Å². The molecule has 3 heterocycles. The summed E-state index contributed by atoms with van der Waals surface area (Å²) >= 11 is 4.69. The first-order chi connectivity index (χ1) is 19.8. The molecule has 4 aromatic rings. The molecular formula is C29H23IN2O7S2. The van der Waals surface area contributed by atoms with E-state index in [9.17, 15) is 14.4 Å². The van der Waals surface area contributed by atoms with Crippen LogP contribution in [0.4, 0.5) is 0 Å². The molecule has 1 aliphatic heterocycles. The Bertz CT molecular complexity index is 1830. The minimum Gasteiger partial charge on any atom is -0.493 e. The summed E-state index contributed by atoms with van der Waals surface area (Å²) in [4.78, 5) is 44.5. The quantitative estimate of drug-likeness (QED) is 0.207. The number of hydrogen-bond acceptors (Lipinski definition) is 9. The monoisotopic (exact) mass is 702 g/mol. The van der Waals surface area contributed by atoms with Crippen LogP contribution in [-0.4, -0.2) is 41.9 Å². The number of carbonyl (C=O) groups excluding carboxylic acids is 1. The topological polar surface area (TPSA) is 116 Å². The van der Waals surface area contributed by atoms with Crippen LogP contribution in [0.5, 0.6) is 11.5 Å². The van der Waals surface area contributed by atoms with Crippen molar-refractivity contribution in [2.45, 2.75) is 13.0 Å². The third-order valence-electron chi connectivity index (χ3n) is 6.08. The molecule has 1 atom stereocenters. The van der Waals surface area contributed by atoms with Crippen molar-refractivity contribution >= 4 is 69.0 Å². The van der Waals surface area contributed by atoms with Gasteiger partial charge in [-0.1, -0.05) is 47.7 Å². The molecule has 9 nitrogen and oxygen atoms in total. The van der Waals surface area contributed by atoms with Crippen molar-refractivity contribution in [2.75, 3.05) is 20.3 Å². The van der Waals surface area contributed by atoms with Gasteiger partial charge in [-0.05, 0) is 64.7 Å². The number of carboxylic acids is 1. The highest BCUT2D eigenvalue weighted by atomic mass is 127. The first-order valence-electron chi connectivity index (χ1n) is 12.4. The second kappa shape index (κ2) is 12.4. The Morgan fingerprint density at radius 2 is 1.95 bits per heavy atom. The Kier molecular flexibility index (Phi) is 8.71. The second-order valence-electron chi connectivity index (χ2n) is 8.66. The molecule has 1 N–H and O–H groups in total. The van der Waals surface area contributed by atoms with Gasteiger partial charge in [-0.25, -0.2) is 14.6 Å². The fourth-order valence-corrected chi connectivity index (χ4v) is 7.01. The van der Waals surface area contributed by atoms with Crippen LogP contribution >= 0.6 is 45.3 Å². The Morgan fingerprint density at radius 3 is 2.61 bits per heavy atom. The number of thiophene rings is 1. The molecule has 0 bridgehead atoms. The highest BCUT2D eigenvalue weighted by Crippen LogP contribution is 2.37. The Hall–Kier alpha value is -3.75. The molecule has 0 unspecified atom stereocenters. The molecule has 0 fully saturated rings. The first-order valence-corrected chi connectivity index (χ1v) is 15.1. The summed E-state index contributed by atoms with van der Waals surface area (Å²) in [5.41, 5.74) is 1.86. The van der Waals surface area contributed by atoms with Crippen molar-refractivity contribution in [2.24, 2.45) is 4.99 Å². The molecule has 210 valence electrons. The summed E-state index contributed by atoms with van der Waals surface area (Å²) in [5, 5.41) is 10.9. The number of halogens is 1. The smallest absolute Gasteiger partial charge is 0.341 e. The molecular weight excluding hydrogens is 679 g/mol. The molecule has 0 amide bonds. The third kappa shape index (κ3) is 5.85. The number of aromatic nitrogens is 1. The van der Waals surface area contributed by atoms with Gasteiger partial charge in [0.15, 0.2) is 22.9 Å². The summed E-state index contributed by atoms with van der Waals surface area (Å²) in [6, 6.07) is 15.9. The molecule has 2 aromatic heterocycles. The van der Waals surface area contributed by atoms with Crippen molar-refractivity contribution in [3.05, 3.63) is 105 Å². The molecule has 0 radical (unpaired) electrons. The van der Waals surface area contributed by atoms with Crippen LogP contribution in [0.25, 0.3) is 11.8 Å². The number of methoxy groups -OCH3 is 1. The van der Waals surface area contributed by atoms with Crippen LogP contribution in [0, 0.1) is 3.57 Å². The van der Waals surface area contributed by atoms with Gasteiger partial charge in [-0.3, -0.25) is 9.36 Å². The predicted molar refractivity (Wildman–Crippen MR) is 164 cm³/mol. The fourth-order valence-electron chi connectivity index (χ4n) is 4.40. The van der Waals surface area contributed by atoms with E-state index in [0.29, 0.717) is 41.2 Å². The van der Waals surface area contributed by atoms with Gasteiger partial charge in [-0.15, -0.1) is 11.3 Å². The largest absolute Gasteiger partial charge is 0.493 e. The molecule has 12 heteroatoms. The standard InChI is InChI=1S/C29H23IN2O7S2/c1-3-38-28(36)23-24(17-8-5-4-6-9-17)31-29-32(25(23)20-10-7-11-40-20)27(35)21(41-29)14-16-12-18(30)26(19(13-16)37-2)39-15-22(33)34/h4-14,25H,3,15H2,1-2H3,(H,33,34)/b21-14-/t25-/m0/s1. The van der Waals surface area contributed by atoms with Crippen molar-refractivity contribution in [3.63, 3.8) is 0 Å². The predicted octanol–water partition coefficient (Wildman–Crippen LogP) is 4.07. The number of esters is 1. The van der Waals surface area contributed by atoms with Crippen molar-refractivity contribution in [1.82, 2.24) is 4.57 Å². The SMILES string of the molecule is CCOC(=O)C1=C(c2ccccc2)N=c2s/c(=C\c3cc(I)c(OCC(=O)O)c(OC)c3)c(=O)n2[C@H]1c1cccs1. The number of rotatable bonds is 9. The van der Waals surface area contributed by atoms with Gasteiger partial charge in [0, 0.05) is 10.4 Å². The maximum Gasteiger partial charge on any atom is 0.341 e. The van der Waals surface area contributed by atoms with E-state index in [1.54, 1.807) is 29.7 Å². The number of ether oxygens (including phenoxy) is 3. The normalized spacial score (nSPS) is 14.8. The second-order valence-corrected chi connectivity index (χ2v) is 11.8. The molecule has 0 saturated carbocycles. The highest BCUT2D eigenvalue weighted by Gasteiger charge is 2.35. The number of carboxylic acid groups (broad SMARTS) is 1. The number of hydrogen-bond donors (Lipinski definition) is 1. The summed E-state index contributed by atoms with van der Waals surface area (Å²) in [6.45, 7) is 1.40. The van der Waals surface area contributed by atoms with E-state index in [0.717, 1.165) is 10.4 Å². The summed E-state index contributed by atoms with van der Waals surface area (Å²) < 4.78 is 18.9. The van der Waals surface area contributed by atoms with E-state index in [-0.39, 0.29) is 12.2 Å². The molecule has 2 aromatic carbocycles. The first kappa shape index (κ1) is 28.8. The van der Waals surface area contributed by atoms with Gasteiger partial charge in [0.25, 0.3) is 5.56 Å². The number of carbonyl (C=O) groups is 2. The van der Waals surface area contributed by atoms with Crippen LogP contribution in [-0.2, 0) is 14.3 Å². The minimum atomic E-state index is -1.11. The van der Waals surface area contributed by atoms with E-state index in [2.05, 4.69) is 0 Å². The Morgan fingerprint density at radius 1 is 1.17 bits per heavy atom. The lowest BCUT2D eigenvalue weighted by Gasteiger charge is -2.24. The average molecular weight is 703 g/mol. The van der Waals surface area contributed by atoms with Gasteiger partial charge < -0.3 is 19.3 Å². The van der Waals surface area contributed by atoms with E-state index in [1.807, 2.05) is 70.4 Å². The van der Waals surface area contributed by atoms with E-state index >= 15 is 0 Å². The fraction of sp³-hybridized carbons (Fsp3) is 0.172. The average Bonchev–Trinajstić information content (AvgIpc) is 3.60. The molecule has 1 aliphatic rings. The van der Waals surface area contributed by atoms with Gasteiger partial charge in [0.05, 0.1) is 33.1 Å². The van der Waals surface area contributed by atoms with E-state index in [4.69, 9.17) is 24.3 Å². The number of aliphatic carboxylic acids is 1. The Balaban J connectivity index is 1.72. The van der Waals surface area contributed by atoms with E-state index < -0.39 is 24.6 Å². The van der Waals surface area contributed by atoms with Gasteiger partial charge in [0.1, 0.15) is 6.04 Å². The van der Waals surface area contributed by atoms with Gasteiger partial charge in [-0.2, -0.15) is 0 Å². The maximum atomic E-state index is 14.0. The third-order valence-corrected chi connectivity index (χ3v) is 8.78. The molecule has 0 spiro atoms. The minimum absolute atomic E-state index is 0.179. The maximum absolute atomic E-state index is 14.0. The number of benzene rings is 2. The molecule has 41 heavy (non-hydrogen) atoms. The highest BCUT2D eigenvalue weighted by molar-refractivity contribution is 14.1. The van der Waals surface area contributed by atoms with Gasteiger partial charge >= 0.3 is 11.9 Å². The summed E-state index contributed by atoms with van der Waals surface area (Å²) in [5.74, 6) is -0.993. The summed E-state index contributed by atoms with van der Waals surface area (Å²) in [7, 11) is 1.46. The zero-order chi connectivity index (χ0) is 29.1. The van der Waals surface area contributed by atoms with Crippen LogP contribution in [0.1, 0.15) is 29.0 Å². The van der Waals surface area contributed by atoms with E-state index in [1.165, 1.54) is 29.8 Å². The molecule has 5 rings (SSSR count). The zero-order valence-electron chi connectivity index (χ0n) is 21.8. The van der Waals surface area contributed by atoms with Crippen LogP contribution in [0.3, 0.4) is 0 Å². The summed E-state index contributed by atoms with van der Waals surface area (Å²) in [6.07, 6.45) is 1.72. The van der Waals surface area contributed by atoms with Crippen LogP contribution in [0.2, 0.25) is 0 Å². The van der Waals surface area contributed by atoms with Crippen molar-refractivity contribution in [1.29, 1.82) is 0 Å². The number of fused-ring (bicyclic) bond motifs is 1. The lowest BCUT2D eigenvalue weighted by atomic mass is 9.97.